The van der Waals surface area contributed by atoms with Gasteiger partial charge in [0.05, 0.1) is 22.3 Å². The van der Waals surface area contributed by atoms with Crippen LogP contribution in [-0.4, -0.2) is 38.3 Å². The monoisotopic (exact) mass is 310 g/mol. The number of hydrogen-bond donors (Lipinski definition) is 1. The molecule has 20 heavy (non-hydrogen) atoms. The molecule has 0 atom stereocenters. The Morgan fingerprint density at radius 1 is 1.35 bits per heavy atom. The van der Waals surface area contributed by atoms with Gasteiger partial charge in [0.25, 0.3) is 0 Å². The Kier molecular flexibility index (Phi) is 5.46. The van der Waals surface area contributed by atoms with Crippen LogP contribution in [0.1, 0.15) is 18.4 Å². The Morgan fingerprint density at radius 2 is 2.10 bits per heavy atom. The van der Waals surface area contributed by atoms with Gasteiger partial charge in [-0.3, -0.25) is 0 Å². The molecule has 6 heteroatoms. The Labute approximate surface area is 124 Å². The zero-order valence-corrected chi connectivity index (χ0v) is 12.8. The van der Waals surface area contributed by atoms with Crippen LogP contribution < -0.4 is 5.32 Å². The van der Waals surface area contributed by atoms with Crippen LogP contribution in [0.25, 0.3) is 0 Å². The maximum atomic E-state index is 12.2. The fraction of sp³-hybridized carbons (Fsp3) is 0.500. The zero-order chi connectivity index (χ0) is 14.4. The van der Waals surface area contributed by atoms with E-state index < -0.39 is 9.84 Å². The maximum absolute atomic E-state index is 12.2. The lowest BCUT2D eigenvalue weighted by atomic mass is 10.1. The molecule has 1 saturated heterocycles. The molecule has 0 aromatic heterocycles. The fourth-order valence-electron chi connectivity index (χ4n) is 2.18. The Bertz CT molecular complexity index is 587. The second-order valence-corrected chi connectivity index (χ2v) is 8.13. The molecule has 4 nitrogen and oxygen atoms in total. The maximum Gasteiger partial charge on any atom is 0.179 e. The van der Waals surface area contributed by atoms with Crippen molar-refractivity contribution in [1.29, 1.82) is 5.26 Å². The molecule has 1 aromatic carbocycles. The highest BCUT2D eigenvalue weighted by molar-refractivity contribution is 7.99. The van der Waals surface area contributed by atoms with Crippen LogP contribution in [0.3, 0.4) is 0 Å². The van der Waals surface area contributed by atoms with Gasteiger partial charge in [-0.1, -0.05) is 6.07 Å². The summed E-state index contributed by atoms with van der Waals surface area (Å²) in [4.78, 5) is 0.234. The van der Waals surface area contributed by atoms with Crippen molar-refractivity contribution >= 4 is 21.6 Å². The van der Waals surface area contributed by atoms with Gasteiger partial charge < -0.3 is 5.32 Å². The lowest BCUT2D eigenvalue weighted by Crippen LogP contribution is -2.35. The number of sulfone groups is 1. The van der Waals surface area contributed by atoms with E-state index in [1.807, 2.05) is 17.8 Å². The highest BCUT2D eigenvalue weighted by Gasteiger charge is 2.17. The average molecular weight is 310 g/mol. The van der Waals surface area contributed by atoms with Crippen molar-refractivity contribution in [3.8, 4) is 6.07 Å². The van der Waals surface area contributed by atoms with Crippen LogP contribution in [0.15, 0.2) is 29.2 Å². The predicted molar refractivity (Wildman–Crippen MR) is 81.6 cm³/mol. The molecular formula is C14H18N2O2S2. The van der Waals surface area contributed by atoms with Gasteiger partial charge in [-0.2, -0.15) is 17.0 Å². The molecule has 1 aromatic rings. The average Bonchev–Trinajstić information content (AvgIpc) is 2.48. The largest absolute Gasteiger partial charge is 0.313 e. The van der Waals surface area contributed by atoms with Gasteiger partial charge in [-0.05, 0) is 42.5 Å². The summed E-state index contributed by atoms with van der Waals surface area (Å²) in [5.74, 6) is 2.37. The van der Waals surface area contributed by atoms with E-state index in [-0.39, 0.29) is 10.6 Å². The normalized spacial score (nSPS) is 16.8. The lowest BCUT2D eigenvalue weighted by molar-refractivity contribution is 0.495. The van der Waals surface area contributed by atoms with Crippen LogP contribution in [0.2, 0.25) is 0 Å². The minimum Gasteiger partial charge on any atom is -0.313 e. The van der Waals surface area contributed by atoms with E-state index in [1.165, 1.54) is 6.07 Å². The standard InChI is InChI=1S/C14H18N2O2S2/c15-11-12-2-1-3-14(10-12)20(17,18)9-6-16-13-4-7-19-8-5-13/h1-3,10,13,16H,4-9H2. The third kappa shape index (κ3) is 4.23. The van der Waals surface area contributed by atoms with Crippen molar-refractivity contribution in [2.24, 2.45) is 0 Å². The van der Waals surface area contributed by atoms with E-state index in [9.17, 15) is 8.42 Å². The summed E-state index contributed by atoms with van der Waals surface area (Å²) in [6.45, 7) is 0.467. The topological polar surface area (TPSA) is 70.0 Å². The van der Waals surface area contributed by atoms with Crippen LogP contribution in [-0.2, 0) is 9.84 Å². The first-order valence-electron chi connectivity index (χ1n) is 6.66. The van der Waals surface area contributed by atoms with E-state index in [4.69, 9.17) is 5.26 Å². The first kappa shape index (κ1) is 15.4. The van der Waals surface area contributed by atoms with Gasteiger partial charge in [-0.25, -0.2) is 8.42 Å². The first-order valence-corrected chi connectivity index (χ1v) is 9.46. The molecule has 0 unspecified atom stereocenters. The van der Waals surface area contributed by atoms with Crippen molar-refractivity contribution in [1.82, 2.24) is 5.32 Å². The minimum atomic E-state index is -3.31. The van der Waals surface area contributed by atoms with Crippen molar-refractivity contribution in [2.45, 2.75) is 23.8 Å². The number of nitrogens with one attached hydrogen (secondary N) is 1. The summed E-state index contributed by atoms with van der Waals surface area (Å²) >= 11 is 1.95. The number of benzene rings is 1. The molecule has 1 aliphatic rings. The third-order valence-corrected chi connectivity index (χ3v) is 6.11. The molecule has 0 saturated carbocycles. The molecule has 2 rings (SSSR count). The van der Waals surface area contributed by atoms with Gasteiger partial charge in [0, 0.05) is 12.6 Å². The van der Waals surface area contributed by atoms with E-state index in [2.05, 4.69) is 5.32 Å². The van der Waals surface area contributed by atoms with Gasteiger partial charge in [0.15, 0.2) is 9.84 Å². The molecule has 0 bridgehead atoms. The fourth-order valence-corrected chi connectivity index (χ4v) is 4.50. The summed E-state index contributed by atoms with van der Waals surface area (Å²) < 4.78 is 24.4. The van der Waals surface area contributed by atoms with Crippen molar-refractivity contribution in [3.63, 3.8) is 0 Å². The van der Waals surface area contributed by atoms with E-state index in [1.54, 1.807) is 18.2 Å². The molecule has 1 fully saturated rings. The van der Waals surface area contributed by atoms with Gasteiger partial charge >= 0.3 is 0 Å². The van der Waals surface area contributed by atoms with Crippen LogP contribution in [0.5, 0.6) is 0 Å². The SMILES string of the molecule is N#Cc1cccc(S(=O)(=O)CCNC2CCSCC2)c1. The number of nitriles is 1. The number of hydrogen-bond acceptors (Lipinski definition) is 5. The molecule has 0 amide bonds. The molecule has 108 valence electrons. The van der Waals surface area contributed by atoms with E-state index >= 15 is 0 Å². The van der Waals surface area contributed by atoms with E-state index in [0.717, 1.165) is 24.3 Å². The van der Waals surface area contributed by atoms with Crippen molar-refractivity contribution in [2.75, 3.05) is 23.8 Å². The molecule has 0 radical (unpaired) electrons. The summed E-state index contributed by atoms with van der Waals surface area (Å²) in [6.07, 6.45) is 2.21. The van der Waals surface area contributed by atoms with Gasteiger partial charge in [0.1, 0.15) is 0 Å². The third-order valence-electron chi connectivity index (χ3n) is 3.35. The smallest absolute Gasteiger partial charge is 0.179 e. The Balaban J connectivity index is 1.91. The zero-order valence-electron chi connectivity index (χ0n) is 11.2. The predicted octanol–water partition coefficient (Wildman–Crippen LogP) is 1.82. The molecule has 0 spiro atoms. The number of rotatable bonds is 5. The molecular weight excluding hydrogens is 292 g/mol. The number of nitrogens with zero attached hydrogens (tertiary/aromatic N) is 1. The minimum absolute atomic E-state index is 0.0749. The first-order chi connectivity index (χ1) is 9.62. The lowest BCUT2D eigenvalue weighted by Gasteiger charge is -2.22. The molecule has 1 aliphatic heterocycles. The van der Waals surface area contributed by atoms with Crippen molar-refractivity contribution < 1.29 is 8.42 Å². The summed E-state index contributed by atoms with van der Waals surface area (Å²) in [5, 5.41) is 12.1. The van der Waals surface area contributed by atoms with Crippen molar-refractivity contribution in [3.05, 3.63) is 29.8 Å². The quantitative estimate of drug-likeness (QED) is 0.898. The van der Waals surface area contributed by atoms with Crippen LogP contribution in [0, 0.1) is 11.3 Å². The Hall–Kier alpha value is -1.03. The highest BCUT2D eigenvalue weighted by atomic mass is 32.2. The van der Waals surface area contributed by atoms with Crippen LogP contribution >= 0.6 is 11.8 Å². The molecule has 1 N–H and O–H groups in total. The van der Waals surface area contributed by atoms with Gasteiger partial charge in [-0.15, -0.1) is 0 Å². The van der Waals surface area contributed by atoms with Gasteiger partial charge in [0.2, 0.25) is 0 Å². The second kappa shape index (κ2) is 7.11. The second-order valence-electron chi connectivity index (χ2n) is 4.80. The summed E-state index contributed by atoms with van der Waals surface area (Å²) in [5.41, 5.74) is 0.378. The van der Waals surface area contributed by atoms with E-state index in [0.29, 0.717) is 18.2 Å². The summed E-state index contributed by atoms with van der Waals surface area (Å²) in [7, 11) is -3.31. The van der Waals surface area contributed by atoms with Crippen LogP contribution in [0.4, 0.5) is 0 Å². The molecule has 0 aliphatic carbocycles. The Morgan fingerprint density at radius 3 is 2.80 bits per heavy atom. The summed E-state index contributed by atoms with van der Waals surface area (Å²) in [6, 6.07) is 8.61. The highest BCUT2D eigenvalue weighted by Crippen LogP contribution is 2.17. The molecule has 1 heterocycles. The number of thioether (sulfide) groups is 1.